The summed E-state index contributed by atoms with van der Waals surface area (Å²) < 4.78 is 0. The monoisotopic (exact) mass is 259 g/mol. The highest BCUT2D eigenvalue weighted by Gasteiger charge is 2.04. The van der Waals surface area contributed by atoms with Crippen LogP contribution in [0, 0.1) is 11.3 Å². The first-order chi connectivity index (χ1) is 8.69. The van der Waals surface area contributed by atoms with Crippen molar-refractivity contribution in [3.63, 3.8) is 0 Å². The summed E-state index contributed by atoms with van der Waals surface area (Å²) in [7, 11) is 0. The molecule has 2 aromatic rings. The Morgan fingerprint density at radius 3 is 2.72 bits per heavy atom. The van der Waals surface area contributed by atoms with Crippen molar-refractivity contribution in [2.75, 3.05) is 11.1 Å². The minimum atomic E-state index is 0.156. The maximum absolute atomic E-state index is 8.58. The summed E-state index contributed by atoms with van der Waals surface area (Å²) in [5.41, 5.74) is 7.26. The zero-order chi connectivity index (χ0) is 13.0. The molecule has 18 heavy (non-hydrogen) atoms. The minimum Gasteiger partial charge on any atom is -0.368 e. The van der Waals surface area contributed by atoms with E-state index >= 15 is 0 Å². The summed E-state index contributed by atoms with van der Waals surface area (Å²) in [6.45, 7) is 0. The standard InChI is InChI=1S/C12H10ClN5/c13-10-7-16-12(15)18-11(10)17-9-3-1-8(2-4-9)5-6-14/h1-4,7H,5H2,(H3,15,16,17,18). The quantitative estimate of drug-likeness (QED) is 0.884. The van der Waals surface area contributed by atoms with E-state index in [-0.39, 0.29) is 5.95 Å². The molecule has 0 aliphatic rings. The molecule has 1 aromatic heterocycles. The van der Waals surface area contributed by atoms with Gasteiger partial charge < -0.3 is 11.1 Å². The second-order valence-corrected chi connectivity index (χ2v) is 3.99. The molecule has 0 fully saturated rings. The van der Waals surface area contributed by atoms with Gasteiger partial charge in [-0.25, -0.2) is 4.98 Å². The highest BCUT2D eigenvalue weighted by molar-refractivity contribution is 6.32. The summed E-state index contributed by atoms with van der Waals surface area (Å²) in [5.74, 6) is 0.611. The number of nitriles is 1. The third kappa shape index (κ3) is 2.87. The summed E-state index contributed by atoms with van der Waals surface area (Å²) in [6, 6.07) is 9.52. The molecule has 5 nitrogen and oxygen atoms in total. The maximum Gasteiger partial charge on any atom is 0.222 e. The average molecular weight is 260 g/mol. The fourth-order valence-corrected chi connectivity index (χ4v) is 1.54. The number of nitrogens with one attached hydrogen (secondary N) is 1. The van der Waals surface area contributed by atoms with E-state index < -0.39 is 0 Å². The molecule has 0 bridgehead atoms. The molecule has 1 aromatic carbocycles. The van der Waals surface area contributed by atoms with E-state index in [0.29, 0.717) is 17.3 Å². The van der Waals surface area contributed by atoms with Crippen LogP contribution >= 0.6 is 11.6 Å². The third-order valence-electron chi connectivity index (χ3n) is 2.26. The van der Waals surface area contributed by atoms with Crippen molar-refractivity contribution >= 4 is 29.1 Å². The van der Waals surface area contributed by atoms with E-state index in [4.69, 9.17) is 22.6 Å². The van der Waals surface area contributed by atoms with Crippen LogP contribution < -0.4 is 11.1 Å². The van der Waals surface area contributed by atoms with Crippen molar-refractivity contribution < 1.29 is 0 Å². The van der Waals surface area contributed by atoms with Crippen LogP contribution in [0.25, 0.3) is 0 Å². The summed E-state index contributed by atoms with van der Waals surface area (Å²) in [4.78, 5) is 7.78. The maximum atomic E-state index is 8.58. The Balaban J connectivity index is 2.18. The molecule has 0 atom stereocenters. The molecule has 1 heterocycles. The molecule has 2 rings (SSSR count). The number of nitrogens with zero attached hydrogens (tertiary/aromatic N) is 3. The Hall–Kier alpha value is -2.32. The zero-order valence-electron chi connectivity index (χ0n) is 9.39. The number of nitrogens with two attached hydrogens (primary N) is 1. The molecule has 0 saturated carbocycles. The van der Waals surface area contributed by atoms with Crippen molar-refractivity contribution in [1.29, 1.82) is 5.26 Å². The molecule has 6 heteroatoms. The second kappa shape index (κ2) is 5.34. The number of hydrogen-bond acceptors (Lipinski definition) is 5. The minimum absolute atomic E-state index is 0.156. The normalized spacial score (nSPS) is 9.78. The van der Waals surface area contributed by atoms with Crippen LogP contribution in [-0.2, 0) is 6.42 Å². The number of anilines is 3. The van der Waals surface area contributed by atoms with Gasteiger partial charge in [-0.15, -0.1) is 0 Å². The van der Waals surface area contributed by atoms with Gasteiger partial charge in [0.05, 0.1) is 18.7 Å². The fraction of sp³-hybridized carbons (Fsp3) is 0.0833. The predicted octanol–water partition coefficient (Wildman–Crippen LogP) is 2.52. The number of hydrogen-bond donors (Lipinski definition) is 2. The van der Waals surface area contributed by atoms with Crippen molar-refractivity contribution in [1.82, 2.24) is 9.97 Å². The summed E-state index contributed by atoms with van der Waals surface area (Å²) in [5, 5.41) is 12.0. The lowest BCUT2D eigenvalue weighted by atomic mass is 10.1. The zero-order valence-corrected chi connectivity index (χ0v) is 10.1. The van der Waals surface area contributed by atoms with Crippen LogP contribution in [0.5, 0.6) is 0 Å². The first-order valence-electron chi connectivity index (χ1n) is 5.20. The van der Waals surface area contributed by atoms with E-state index in [1.807, 2.05) is 24.3 Å². The van der Waals surface area contributed by atoms with Gasteiger partial charge >= 0.3 is 0 Å². The lowest BCUT2D eigenvalue weighted by Crippen LogP contribution is -2.00. The average Bonchev–Trinajstić information content (AvgIpc) is 2.37. The second-order valence-electron chi connectivity index (χ2n) is 3.58. The topological polar surface area (TPSA) is 87.6 Å². The summed E-state index contributed by atoms with van der Waals surface area (Å²) >= 11 is 5.94. The summed E-state index contributed by atoms with van der Waals surface area (Å²) in [6.07, 6.45) is 1.83. The highest BCUT2D eigenvalue weighted by Crippen LogP contribution is 2.23. The first-order valence-corrected chi connectivity index (χ1v) is 5.58. The Morgan fingerprint density at radius 2 is 2.06 bits per heavy atom. The van der Waals surface area contributed by atoms with E-state index in [1.165, 1.54) is 6.20 Å². The Morgan fingerprint density at radius 1 is 1.33 bits per heavy atom. The lowest BCUT2D eigenvalue weighted by Gasteiger charge is -2.07. The van der Waals surface area contributed by atoms with Crippen molar-refractivity contribution in [2.45, 2.75) is 6.42 Å². The molecule has 0 amide bonds. The van der Waals surface area contributed by atoms with Gasteiger partial charge in [0.25, 0.3) is 0 Å². The van der Waals surface area contributed by atoms with Crippen LogP contribution in [0.3, 0.4) is 0 Å². The van der Waals surface area contributed by atoms with E-state index in [0.717, 1.165) is 11.3 Å². The van der Waals surface area contributed by atoms with E-state index in [9.17, 15) is 0 Å². The molecule has 0 unspecified atom stereocenters. The molecule has 3 N–H and O–H groups in total. The molecule has 0 aliphatic carbocycles. The molecule has 0 radical (unpaired) electrons. The number of halogens is 1. The van der Waals surface area contributed by atoms with Gasteiger partial charge in [0, 0.05) is 5.69 Å². The van der Waals surface area contributed by atoms with Crippen molar-refractivity contribution in [3.05, 3.63) is 41.0 Å². The SMILES string of the molecule is N#CCc1ccc(Nc2nc(N)ncc2Cl)cc1. The fourth-order valence-electron chi connectivity index (χ4n) is 1.40. The number of nitrogen functional groups attached to an aromatic ring is 1. The molecule has 90 valence electrons. The van der Waals surface area contributed by atoms with Gasteiger partial charge in [0.15, 0.2) is 5.82 Å². The van der Waals surface area contributed by atoms with E-state index in [1.54, 1.807) is 0 Å². The molecule has 0 spiro atoms. The third-order valence-corrected chi connectivity index (χ3v) is 2.54. The van der Waals surface area contributed by atoms with E-state index in [2.05, 4.69) is 21.4 Å². The largest absolute Gasteiger partial charge is 0.368 e. The van der Waals surface area contributed by atoms with Crippen LogP contribution in [0.4, 0.5) is 17.5 Å². The smallest absolute Gasteiger partial charge is 0.222 e. The molecular weight excluding hydrogens is 250 g/mol. The Labute approximate surface area is 109 Å². The van der Waals surface area contributed by atoms with Crippen molar-refractivity contribution in [2.24, 2.45) is 0 Å². The number of rotatable bonds is 3. The Kier molecular flexibility index (Phi) is 3.60. The van der Waals surface area contributed by atoms with Gasteiger partial charge in [0.1, 0.15) is 5.02 Å². The number of benzene rings is 1. The molecule has 0 saturated heterocycles. The molecule has 0 aliphatic heterocycles. The van der Waals surface area contributed by atoms with Crippen LogP contribution in [-0.4, -0.2) is 9.97 Å². The van der Waals surface area contributed by atoms with Gasteiger partial charge in [0.2, 0.25) is 5.95 Å². The van der Waals surface area contributed by atoms with Gasteiger partial charge in [-0.05, 0) is 17.7 Å². The number of aromatic nitrogens is 2. The lowest BCUT2D eigenvalue weighted by molar-refractivity contribution is 1.18. The molecular formula is C12H10ClN5. The first kappa shape index (κ1) is 12.1. The Bertz CT molecular complexity index is 588. The van der Waals surface area contributed by atoms with Gasteiger partial charge in [-0.1, -0.05) is 23.7 Å². The van der Waals surface area contributed by atoms with Crippen LogP contribution in [0.2, 0.25) is 5.02 Å². The highest BCUT2D eigenvalue weighted by atomic mass is 35.5. The van der Waals surface area contributed by atoms with Crippen LogP contribution in [0.1, 0.15) is 5.56 Å². The van der Waals surface area contributed by atoms with Crippen LogP contribution in [0.15, 0.2) is 30.5 Å². The predicted molar refractivity (Wildman–Crippen MR) is 70.5 cm³/mol. The van der Waals surface area contributed by atoms with Crippen molar-refractivity contribution in [3.8, 4) is 6.07 Å². The van der Waals surface area contributed by atoms with Gasteiger partial charge in [-0.2, -0.15) is 10.2 Å². The van der Waals surface area contributed by atoms with Gasteiger partial charge in [-0.3, -0.25) is 0 Å².